The fourth-order valence-electron chi connectivity index (χ4n) is 3.14. The van der Waals surface area contributed by atoms with Gasteiger partial charge in [0.2, 0.25) is 0 Å². The summed E-state index contributed by atoms with van der Waals surface area (Å²) in [6.07, 6.45) is 18.0. The number of unbranched alkanes of at least 4 members (excludes halogenated alkanes) is 12. The van der Waals surface area contributed by atoms with E-state index in [9.17, 15) is 14.4 Å². The zero-order valence-corrected chi connectivity index (χ0v) is 15.4. The molecule has 0 spiro atoms. The van der Waals surface area contributed by atoms with Crippen LogP contribution in [0.3, 0.4) is 0 Å². The summed E-state index contributed by atoms with van der Waals surface area (Å²) in [5, 5.41) is 8.54. The third-order valence-electron chi connectivity index (χ3n) is 4.67. The first-order valence-corrected chi connectivity index (χ1v) is 9.86. The van der Waals surface area contributed by atoms with Crippen molar-refractivity contribution in [2.75, 3.05) is 6.54 Å². The van der Waals surface area contributed by atoms with Crippen LogP contribution in [-0.2, 0) is 14.4 Å². The number of hydrogen-bond donors (Lipinski definition) is 1. The van der Waals surface area contributed by atoms with Gasteiger partial charge in [-0.25, -0.2) is 0 Å². The Morgan fingerprint density at radius 2 is 1.04 bits per heavy atom. The number of nitrogens with zero attached hydrogens (tertiary/aromatic N) is 1. The molecule has 1 heterocycles. The lowest BCUT2D eigenvalue weighted by molar-refractivity contribution is -0.138. The summed E-state index contributed by atoms with van der Waals surface area (Å²) in [4.78, 5) is 34.4. The zero-order chi connectivity index (χ0) is 18.3. The van der Waals surface area contributed by atoms with Crippen molar-refractivity contribution in [1.29, 1.82) is 0 Å². The molecule has 5 heteroatoms. The average Bonchev–Trinajstić information content (AvgIpc) is 2.89. The van der Waals surface area contributed by atoms with E-state index < -0.39 is 5.97 Å². The van der Waals surface area contributed by atoms with E-state index in [2.05, 4.69) is 0 Å². The van der Waals surface area contributed by atoms with Crippen LogP contribution in [0, 0.1) is 0 Å². The quantitative estimate of drug-likeness (QED) is 0.329. The molecule has 0 aromatic rings. The van der Waals surface area contributed by atoms with Gasteiger partial charge >= 0.3 is 5.97 Å². The molecular weight excluding hydrogens is 318 g/mol. The molecule has 5 nitrogen and oxygen atoms in total. The van der Waals surface area contributed by atoms with Crippen molar-refractivity contribution in [2.45, 2.75) is 89.9 Å². The summed E-state index contributed by atoms with van der Waals surface area (Å²) in [7, 11) is 0. The van der Waals surface area contributed by atoms with Crippen molar-refractivity contribution in [1.82, 2.24) is 4.90 Å². The zero-order valence-electron chi connectivity index (χ0n) is 15.4. The number of carbonyl (C=O) groups excluding carboxylic acids is 2. The molecule has 0 saturated heterocycles. The molecule has 1 aliphatic rings. The second-order valence-electron chi connectivity index (χ2n) is 6.90. The summed E-state index contributed by atoms with van der Waals surface area (Å²) in [5.41, 5.74) is 0. The van der Waals surface area contributed by atoms with Gasteiger partial charge in [-0.1, -0.05) is 70.6 Å². The van der Waals surface area contributed by atoms with Crippen molar-refractivity contribution < 1.29 is 19.5 Å². The van der Waals surface area contributed by atoms with E-state index >= 15 is 0 Å². The van der Waals surface area contributed by atoms with Crippen LogP contribution in [0.5, 0.6) is 0 Å². The molecule has 0 fully saturated rings. The largest absolute Gasteiger partial charge is 0.481 e. The maximum atomic E-state index is 11.4. The van der Waals surface area contributed by atoms with E-state index in [1.807, 2.05) is 0 Å². The van der Waals surface area contributed by atoms with Gasteiger partial charge in [-0.05, 0) is 12.8 Å². The van der Waals surface area contributed by atoms with Crippen LogP contribution >= 0.6 is 0 Å². The van der Waals surface area contributed by atoms with Gasteiger partial charge in [0.05, 0.1) is 0 Å². The highest BCUT2D eigenvalue weighted by Crippen LogP contribution is 2.13. The Hall–Kier alpha value is -1.65. The van der Waals surface area contributed by atoms with Gasteiger partial charge in [-0.15, -0.1) is 0 Å². The minimum atomic E-state index is -0.685. The number of carboxylic acid groups (broad SMARTS) is 1. The Kier molecular flexibility index (Phi) is 11.7. The molecular formula is C20H33NO4. The van der Waals surface area contributed by atoms with Crippen LogP contribution in [-0.4, -0.2) is 34.3 Å². The fraction of sp³-hybridized carbons (Fsp3) is 0.750. The number of carboxylic acids is 1. The minimum Gasteiger partial charge on any atom is -0.481 e. The number of hydrogen-bond acceptors (Lipinski definition) is 3. The molecule has 0 bridgehead atoms. The van der Waals surface area contributed by atoms with Crippen LogP contribution in [0.4, 0.5) is 0 Å². The SMILES string of the molecule is O=C(O)CCCCCCCCCCCCCCCN1C(=O)C=CC1=O. The molecule has 142 valence electrons. The molecule has 25 heavy (non-hydrogen) atoms. The number of amides is 2. The van der Waals surface area contributed by atoms with Crippen molar-refractivity contribution in [3.05, 3.63) is 12.2 Å². The Morgan fingerprint density at radius 3 is 1.44 bits per heavy atom. The molecule has 0 radical (unpaired) electrons. The van der Waals surface area contributed by atoms with E-state index in [0.29, 0.717) is 13.0 Å². The van der Waals surface area contributed by atoms with Crippen LogP contribution in [0.1, 0.15) is 89.9 Å². The smallest absolute Gasteiger partial charge is 0.303 e. The third kappa shape index (κ3) is 10.7. The fourth-order valence-corrected chi connectivity index (χ4v) is 3.14. The van der Waals surface area contributed by atoms with Gasteiger partial charge in [0.25, 0.3) is 11.8 Å². The predicted molar refractivity (Wildman–Crippen MR) is 98.1 cm³/mol. The summed E-state index contributed by atoms with van der Waals surface area (Å²) >= 11 is 0. The van der Waals surface area contributed by atoms with E-state index in [4.69, 9.17) is 5.11 Å². The highest BCUT2D eigenvalue weighted by molar-refractivity contribution is 6.12. The van der Waals surface area contributed by atoms with Crippen LogP contribution < -0.4 is 0 Å². The molecule has 0 atom stereocenters. The molecule has 0 unspecified atom stereocenters. The Labute approximate surface area is 151 Å². The van der Waals surface area contributed by atoms with Crippen molar-refractivity contribution >= 4 is 17.8 Å². The van der Waals surface area contributed by atoms with Crippen molar-refractivity contribution in [3.8, 4) is 0 Å². The first-order chi connectivity index (χ1) is 12.1. The third-order valence-corrected chi connectivity index (χ3v) is 4.67. The molecule has 1 rings (SSSR count). The minimum absolute atomic E-state index is 0.174. The predicted octanol–water partition coefficient (Wildman–Crippen LogP) is 4.46. The molecule has 0 aromatic carbocycles. The van der Waals surface area contributed by atoms with Crippen molar-refractivity contribution in [2.24, 2.45) is 0 Å². The highest BCUT2D eigenvalue weighted by Gasteiger charge is 2.21. The number of carbonyl (C=O) groups is 3. The summed E-state index contributed by atoms with van der Waals surface area (Å²) in [6, 6.07) is 0. The molecule has 1 aliphatic heterocycles. The summed E-state index contributed by atoms with van der Waals surface area (Å²) in [6.45, 7) is 0.553. The lowest BCUT2D eigenvalue weighted by Crippen LogP contribution is -2.30. The standard InChI is InChI=1S/C20H33NO4/c22-18-15-16-19(23)21(18)17-13-11-9-7-5-3-1-2-4-6-8-10-12-14-20(24)25/h15-16H,1-14,17H2,(H,24,25). The maximum absolute atomic E-state index is 11.4. The Bertz CT molecular complexity index is 427. The van der Waals surface area contributed by atoms with Gasteiger partial charge in [0.1, 0.15) is 0 Å². The molecule has 2 amide bonds. The number of aliphatic carboxylic acids is 1. The number of imide groups is 1. The first-order valence-electron chi connectivity index (χ1n) is 9.86. The normalized spacial score (nSPS) is 13.8. The Morgan fingerprint density at radius 1 is 0.680 bits per heavy atom. The topological polar surface area (TPSA) is 74.7 Å². The van der Waals surface area contributed by atoms with Gasteiger partial charge in [0.15, 0.2) is 0 Å². The van der Waals surface area contributed by atoms with Gasteiger partial charge in [-0.2, -0.15) is 0 Å². The van der Waals surface area contributed by atoms with Crippen molar-refractivity contribution in [3.63, 3.8) is 0 Å². The molecule has 0 aromatic heterocycles. The molecule has 0 saturated carbocycles. The van der Waals surface area contributed by atoms with Gasteiger partial charge < -0.3 is 5.11 Å². The van der Waals surface area contributed by atoms with Gasteiger partial charge in [-0.3, -0.25) is 19.3 Å². The van der Waals surface area contributed by atoms with E-state index in [1.165, 1.54) is 68.4 Å². The lowest BCUT2D eigenvalue weighted by Gasteiger charge is -2.12. The molecule has 0 aliphatic carbocycles. The average molecular weight is 351 g/mol. The summed E-state index contributed by atoms with van der Waals surface area (Å²) < 4.78 is 0. The molecule has 1 N–H and O–H groups in total. The van der Waals surface area contributed by atoms with Crippen LogP contribution in [0.2, 0.25) is 0 Å². The van der Waals surface area contributed by atoms with Gasteiger partial charge in [0, 0.05) is 25.1 Å². The van der Waals surface area contributed by atoms with E-state index in [1.54, 1.807) is 0 Å². The first kappa shape index (κ1) is 21.4. The summed E-state index contributed by atoms with van der Waals surface area (Å²) in [5.74, 6) is -1.03. The monoisotopic (exact) mass is 351 g/mol. The lowest BCUT2D eigenvalue weighted by atomic mass is 10.0. The van der Waals surface area contributed by atoms with E-state index in [-0.39, 0.29) is 11.8 Å². The Balaban J connectivity index is 1.75. The number of rotatable bonds is 16. The second-order valence-corrected chi connectivity index (χ2v) is 6.90. The highest BCUT2D eigenvalue weighted by atomic mass is 16.4. The van der Waals surface area contributed by atoms with Crippen LogP contribution in [0.25, 0.3) is 0 Å². The van der Waals surface area contributed by atoms with Crippen LogP contribution in [0.15, 0.2) is 12.2 Å². The van der Waals surface area contributed by atoms with E-state index in [0.717, 1.165) is 32.1 Å². The maximum Gasteiger partial charge on any atom is 0.303 e. The second kappa shape index (κ2) is 13.6.